The van der Waals surface area contributed by atoms with Crippen LogP contribution in [0, 0.1) is 0 Å². The third-order valence-corrected chi connectivity index (χ3v) is 27.6. The Morgan fingerprint density at radius 2 is 0.823 bits per heavy atom. The molecule has 3 aromatic carbocycles. The molecule has 8 bridgehead atoms. The van der Waals surface area contributed by atoms with Crippen LogP contribution in [0.25, 0.3) is 16.7 Å². The Hall–Kier alpha value is -10.7. The molecule has 36 nitrogen and oxygen atoms in total. The van der Waals surface area contributed by atoms with E-state index in [-0.39, 0.29) is 125 Å². The van der Waals surface area contributed by atoms with Crippen LogP contribution in [0.5, 0.6) is 0 Å². The van der Waals surface area contributed by atoms with E-state index in [1.165, 1.54) is 103 Å². The fourth-order valence-electron chi connectivity index (χ4n) is 15.6. The first-order valence-electron chi connectivity index (χ1n) is 39.0. The van der Waals surface area contributed by atoms with Crippen LogP contribution in [0.4, 0.5) is 19.2 Å². The topological polar surface area (TPSA) is 374 Å². The molecule has 4 atom stereocenters. The number of aryl methyl sites for hydroxylation is 4. The van der Waals surface area contributed by atoms with Gasteiger partial charge in [-0.1, -0.05) is 96.6 Å². The predicted molar refractivity (Wildman–Crippen MR) is 467 cm³/mol. The Morgan fingerprint density at radius 1 is 0.492 bits per heavy atom. The Bertz CT molecular complexity index is 5990. The van der Waals surface area contributed by atoms with Gasteiger partial charge >= 0.3 is 83.6 Å². The molecule has 16 rings (SSSR count). The molecule has 9 aliphatic heterocycles. The van der Waals surface area contributed by atoms with Crippen LogP contribution in [0.2, 0.25) is 0 Å². The molecule has 0 spiro atoms. The van der Waals surface area contributed by atoms with Gasteiger partial charge in [-0.3, -0.25) is 47.1 Å². The number of amides is 8. The molecule has 9 aliphatic rings. The van der Waals surface area contributed by atoms with Gasteiger partial charge in [0, 0.05) is 127 Å². The van der Waals surface area contributed by atoms with Crippen molar-refractivity contribution in [3.63, 3.8) is 0 Å². The minimum absolute atomic E-state index is 0. The fraction of sp³-hybridized carbons (Fsp3) is 0.373. The molecule has 13 heterocycles. The number of carbonyl (C=O) groups is 4. The monoisotopic (exact) mass is 1820 g/mol. The van der Waals surface area contributed by atoms with E-state index in [9.17, 15) is 70.5 Å². The average Bonchev–Trinajstić information content (AvgIpc) is 1.48. The van der Waals surface area contributed by atoms with Crippen LogP contribution < -0.4 is 90.5 Å². The summed E-state index contributed by atoms with van der Waals surface area (Å²) in [6.45, 7) is 23.3. The maximum Gasteiger partial charge on any atom is 1.00 e. The molecule has 8 amide bonds. The normalized spacial score (nSPS) is 19.5. The zero-order chi connectivity index (χ0) is 90.0. The molecule has 652 valence electrons. The molecule has 41 heteroatoms. The van der Waals surface area contributed by atoms with E-state index < -0.39 is 59.3 Å². The molecule has 4 aromatic heterocycles. The van der Waals surface area contributed by atoms with Gasteiger partial charge in [0.05, 0.1) is 76.6 Å². The Balaban J connectivity index is 0.000000157. The van der Waals surface area contributed by atoms with Gasteiger partial charge in [0.2, 0.25) is 10.4 Å². The summed E-state index contributed by atoms with van der Waals surface area (Å²) in [5.74, 6) is 2.41. The second-order valence-corrected chi connectivity index (χ2v) is 36.3. The maximum atomic E-state index is 12.5. The van der Waals surface area contributed by atoms with Crippen LogP contribution in [0.15, 0.2) is 225 Å². The van der Waals surface area contributed by atoms with Crippen molar-refractivity contribution >= 4 is 97.5 Å². The number of hydrogen-bond acceptors (Lipinski definition) is 20. The number of carbonyl (C=O) groups excluding carboxylic acids is 4. The van der Waals surface area contributed by atoms with Gasteiger partial charge in [-0.05, 0) is 116 Å². The van der Waals surface area contributed by atoms with Gasteiger partial charge in [0.25, 0.3) is 22.2 Å². The largest absolute Gasteiger partial charge is 1.00 e. The smallest absolute Gasteiger partial charge is 0.724 e. The first kappa shape index (κ1) is 95.6. The number of benzene rings is 3. The van der Waals surface area contributed by atoms with Crippen LogP contribution in [0.3, 0.4) is 0 Å². The molecule has 124 heavy (non-hydrogen) atoms. The average molecular weight is 1820 g/mol. The maximum absolute atomic E-state index is 12.5. The van der Waals surface area contributed by atoms with Crippen molar-refractivity contribution in [1.82, 2.24) is 76.2 Å². The van der Waals surface area contributed by atoms with Gasteiger partial charge < -0.3 is 56.6 Å². The number of hydrogen-bond donors (Lipinski definition) is 0. The summed E-state index contributed by atoms with van der Waals surface area (Å²) in [7, 11) is 6.30. The first-order valence-corrected chi connectivity index (χ1v) is 43.0. The van der Waals surface area contributed by atoms with E-state index in [0.717, 1.165) is 34.9 Å². The molecule has 0 saturated carbocycles. The van der Waals surface area contributed by atoms with Gasteiger partial charge in [-0.25, -0.2) is 46.8 Å². The molecule has 5 fully saturated rings. The van der Waals surface area contributed by atoms with Gasteiger partial charge in [0.1, 0.15) is 35.3 Å². The Morgan fingerprint density at radius 3 is 1.21 bits per heavy atom. The number of nitrogens with zero attached hydrogens (tertiary/aromatic N) is 16. The van der Waals surface area contributed by atoms with Crippen LogP contribution in [-0.2, 0) is 90.0 Å². The van der Waals surface area contributed by atoms with E-state index in [4.69, 9.17) is 19.0 Å². The number of halogens is 1. The van der Waals surface area contributed by atoms with E-state index in [2.05, 4.69) is 143 Å². The van der Waals surface area contributed by atoms with Crippen molar-refractivity contribution in [2.45, 2.75) is 76.9 Å². The van der Waals surface area contributed by atoms with Crippen LogP contribution in [-0.4, -0.2) is 228 Å². The third kappa shape index (κ3) is 19.1. The number of allylic oxidation sites excluding steroid dienone is 1. The van der Waals surface area contributed by atoms with Gasteiger partial charge in [0.15, 0.2) is 0 Å². The van der Waals surface area contributed by atoms with Crippen molar-refractivity contribution in [1.29, 1.82) is 0 Å². The first-order chi connectivity index (χ1) is 58.1. The van der Waals surface area contributed by atoms with E-state index in [1.54, 1.807) is 72.2 Å². The summed E-state index contributed by atoms with van der Waals surface area (Å²) in [4.78, 5) is 162. The molecule has 5 saturated heterocycles. The minimum atomic E-state index is -5.16. The summed E-state index contributed by atoms with van der Waals surface area (Å²) in [6.07, 6.45) is 16.5. The zero-order valence-corrected chi connectivity index (χ0v) is 77.2. The van der Waals surface area contributed by atoms with Crippen LogP contribution in [0.1, 0.15) is 58.2 Å². The molecule has 7 aromatic rings. The molecule has 0 N–H and O–H groups in total. The number of fused-ring (bicyclic) bond motifs is 8. The second-order valence-electron chi connectivity index (χ2n) is 31.2. The summed E-state index contributed by atoms with van der Waals surface area (Å²) in [5.41, 5.74) is 0.964. The quantitative estimate of drug-likeness (QED) is 0.0416. The van der Waals surface area contributed by atoms with Crippen molar-refractivity contribution in [2.75, 3.05) is 72.6 Å². The number of likely N-dealkylation sites (N-methyl/N-ethyl adjacent to an activating group) is 1. The molecular formula is C83H99BBrN16NaO20PS+. The summed E-state index contributed by atoms with van der Waals surface area (Å²) in [6, 6.07) is 29.9. The summed E-state index contributed by atoms with van der Waals surface area (Å²) < 4.78 is 59.0. The predicted octanol–water partition coefficient (Wildman–Crippen LogP) is 0.437. The van der Waals surface area contributed by atoms with E-state index in [0.29, 0.717) is 77.7 Å². The number of rotatable bonds is 16. The minimum Gasteiger partial charge on any atom is -0.724 e. The summed E-state index contributed by atoms with van der Waals surface area (Å²) in [5, 5.41) is 7.36. The molecular weight excluding hydrogens is 1720 g/mol. The molecule has 4 unspecified atom stereocenters. The second kappa shape index (κ2) is 38.8. The SMILES string of the molecule is C/C=C/[P+](c1ccccc1)(c1ccccc1)c1ccccc1.C=CCON1C(=O)N2CC(C)=C(B3OC(C)(C)C(C)(C)O3)C1C2.C=CCON1C(=O)N2CC=C(c3cn(C)c(=O)n(C)c3=O)C1C2.CN1C(=O)N2CC=C(c3cn(C)c(=O)n(C)c3=O)C1C2.Cn1cc(Br)c(=O)n(C)c1=O.Cn1cc(C2=CCN3CC2N(OS(=O)(=O)[O-])C3=O)c(=O)n(C)c1=O.[Na+]. The number of hydroxylamine groups is 6. The molecule has 0 radical (unpaired) electrons. The Labute approximate surface area is 746 Å². The fourth-order valence-corrected chi connectivity index (χ4v) is 20.3. The third-order valence-electron chi connectivity index (χ3n) is 22.7. The summed E-state index contributed by atoms with van der Waals surface area (Å²) >= 11 is 3.04. The molecule has 0 aliphatic carbocycles. The number of urea groups is 4. The van der Waals surface area contributed by atoms with Crippen molar-refractivity contribution < 1.29 is 85.0 Å². The van der Waals surface area contributed by atoms with Crippen LogP contribution >= 0.6 is 23.2 Å². The zero-order valence-electron chi connectivity index (χ0n) is 71.9. The van der Waals surface area contributed by atoms with E-state index in [1.807, 2.05) is 46.8 Å². The van der Waals surface area contributed by atoms with Crippen molar-refractivity contribution in [3.05, 3.63) is 287 Å². The van der Waals surface area contributed by atoms with Gasteiger partial charge in [-0.15, -0.1) is 13.2 Å². The van der Waals surface area contributed by atoms with Crippen molar-refractivity contribution in [3.8, 4) is 0 Å². The van der Waals surface area contributed by atoms with E-state index >= 15 is 0 Å². The van der Waals surface area contributed by atoms with Crippen molar-refractivity contribution in [2.24, 2.45) is 56.4 Å². The van der Waals surface area contributed by atoms with Gasteiger partial charge in [-0.2, -0.15) is 19.5 Å². The Kier molecular flexibility index (Phi) is 29.9. The standard InChI is InChI=1S/C21H20P.C16H25BN2O4.C15H18N4O4.C13H16N4O3.C12H14N4O7S.C6H7BrN2O2.Na/c1-2-18-22(19-12-6-3-7-13-19,20-14-8-4-9-15-20)21-16-10-5-11-17-21;1-7-8-21-19-12-10-18(14(19)20)9-11(2)13(12)17-22-15(3,4)16(5,6)23-17;1-4-7-23-19-12-9-18(15(19)22)6-5-10(12)11-8-16(2)14(21)17(3)13(11)20;1-14-6-9(11(18)16(3)12(14)19)8-4-5-17-7-10(8)15(2)13(17)20;1-13-5-8(10(17)14(2)11(13)18)7-3-4-15-6-9(7)16(12(15)19)23-24(20,21)22;1-8-3-4(7)5(10)9(2)6(8)11;/h2-18H,1H3;7,12H,1,8-10H2,2-6H3;4-5,8,12H,1,6-7,9H2,2-3H3;4,6,10H,5,7H2,1-3H3;3,5,9H,4,6H2,1-2H3,(H,20,21,22);3H,1-2H3;/q+1;;;;;;+1/p-1/b18-2+;;;;;;. The number of aromatic nitrogens is 8.